The molecular weight excluding hydrogens is 585 g/mol. The zero-order chi connectivity index (χ0) is 31.7. The van der Waals surface area contributed by atoms with E-state index in [0.717, 1.165) is 44.1 Å². The van der Waals surface area contributed by atoms with Crippen molar-refractivity contribution >= 4 is 32.8 Å². The highest BCUT2D eigenvalue weighted by molar-refractivity contribution is 6.19. The van der Waals surface area contributed by atoms with Crippen LogP contribution in [-0.4, -0.2) is 9.97 Å². The van der Waals surface area contributed by atoms with E-state index in [2.05, 4.69) is 146 Å². The summed E-state index contributed by atoms with van der Waals surface area (Å²) in [4.78, 5) is 10.6. The average Bonchev–Trinajstić information content (AvgIpc) is 3.70. The summed E-state index contributed by atoms with van der Waals surface area (Å²) in [5, 5.41) is 3.28. The van der Waals surface area contributed by atoms with E-state index in [4.69, 9.17) is 14.4 Å². The molecule has 9 aromatic rings. The molecule has 2 heterocycles. The molecule has 0 saturated carbocycles. The number of rotatable bonds is 4. The fraction of sp³-hybridized carbons (Fsp3) is 0.0222. The largest absolute Gasteiger partial charge is 0.452 e. The van der Waals surface area contributed by atoms with Crippen molar-refractivity contribution < 1.29 is 4.42 Å². The summed E-state index contributed by atoms with van der Waals surface area (Å²) < 4.78 is 6.57. The fourth-order valence-electron chi connectivity index (χ4n) is 7.93. The van der Waals surface area contributed by atoms with Crippen LogP contribution < -0.4 is 0 Å². The average molecular weight is 613 g/mol. The quantitative estimate of drug-likeness (QED) is 0.198. The monoisotopic (exact) mass is 612 g/mol. The second-order valence-corrected chi connectivity index (χ2v) is 12.5. The molecule has 3 nitrogen and oxygen atoms in total. The van der Waals surface area contributed by atoms with E-state index in [-0.39, 0.29) is 0 Å². The van der Waals surface area contributed by atoms with Crippen LogP contribution in [0.25, 0.3) is 66.6 Å². The van der Waals surface area contributed by atoms with E-state index in [1.165, 1.54) is 33.4 Å². The van der Waals surface area contributed by atoms with Crippen molar-refractivity contribution in [3.05, 3.63) is 192 Å². The first-order valence-corrected chi connectivity index (χ1v) is 16.3. The molecule has 0 amide bonds. The number of hydrogen-bond acceptors (Lipinski definition) is 3. The minimum atomic E-state index is -0.505. The van der Waals surface area contributed by atoms with Crippen LogP contribution in [0.1, 0.15) is 22.3 Å². The molecule has 10 rings (SSSR count). The molecule has 224 valence electrons. The lowest BCUT2D eigenvalue weighted by Gasteiger charge is -2.34. The van der Waals surface area contributed by atoms with Crippen molar-refractivity contribution in [2.75, 3.05) is 0 Å². The minimum Gasteiger partial charge on any atom is -0.452 e. The lowest BCUT2D eigenvalue weighted by molar-refractivity contribution is 0.667. The Labute approximate surface area is 277 Å². The number of benzene rings is 7. The van der Waals surface area contributed by atoms with Crippen molar-refractivity contribution in [2.45, 2.75) is 5.41 Å². The van der Waals surface area contributed by atoms with Gasteiger partial charge in [-0.2, -0.15) is 0 Å². The molecule has 0 fully saturated rings. The molecular formula is C45H28N2O. The van der Waals surface area contributed by atoms with Crippen molar-refractivity contribution in [3.8, 4) is 33.8 Å². The van der Waals surface area contributed by atoms with Gasteiger partial charge in [-0.05, 0) is 56.3 Å². The molecule has 48 heavy (non-hydrogen) atoms. The molecule has 0 spiro atoms. The van der Waals surface area contributed by atoms with Gasteiger partial charge in [0.1, 0.15) is 16.8 Å². The lowest BCUT2D eigenvalue weighted by atomic mass is 9.67. The van der Waals surface area contributed by atoms with Crippen molar-refractivity contribution in [2.24, 2.45) is 0 Å². The summed E-state index contributed by atoms with van der Waals surface area (Å²) >= 11 is 0. The molecule has 0 radical (unpaired) electrons. The van der Waals surface area contributed by atoms with Gasteiger partial charge in [0.05, 0.1) is 10.8 Å². The first kappa shape index (κ1) is 26.9. The fourth-order valence-corrected chi connectivity index (χ4v) is 7.93. The van der Waals surface area contributed by atoms with Gasteiger partial charge in [-0.3, -0.25) is 0 Å². The third-order valence-electron chi connectivity index (χ3n) is 9.97. The number of aromatic nitrogens is 2. The zero-order valence-corrected chi connectivity index (χ0v) is 26.0. The maximum atomic E-state index is 6.57. The van der Waals surface area contributed by atoms with Crippen molar-refractivity contribution in [1.82, 2.24) is 9.97 Å². The molecule has 1 aliphatic carbocycles. The van der Waals surface area contributed by atoms with Crippen LogP contribution in [-0.2, 0) is 5.41 Å². The lowest BCUT2D eigenvalue weighted by Crippen LogP contribution is -2.28. The van der Waals surface area contributed by atoms with Crippen LogP contribution in [0.2, 0.25) is 0 Å². The summed E-state index contributed by atoms with van der Waals surface area (Å²) in [6, 6.07) is 60.2. The molecule has 0 unspecified atom stereocenters. The van der Waals surface area contributed by atoms with E-state index < -0.39 is 5.41 Å². The summed E-state index contributed by atoms with van der Waals surface area (Å²) in [6.07, 6.45) is 0. The van der Waals surface area contributed by atoms with Gasteiger partial charge in [-0.1, -0.05) is 158 Å². The highest BCUT2D eigenvalue weighted by Gasteiger charge is 2.45. The molecule has 0 saturated heterocycles. The standard InChI is InChI=1S/C45H28N2O/c1-3-15-30(16-4-1)41-43-42(40-34-21-8-7-14-29(34)26-27-39(40)48-43)47-44(46-41)31-17-13-20-33(28-31)45(32-18-5-2-6-19-32)37-24-11-9-22-35(37)36-23-10-12-25-38(36)45/h1-28H. The second kappa shape index (κ2) is 10.3. The molecule has 2 aromatic heterocycles. The molecule has 0 N–H and O–H groups in total. The van der Waals surface area contributed by atoms with Crippen molar-refractivity contribution in [1.29, 1.82) is 0 Å². The van der Waals surface area contributed by atoms with Gasteiger partial charge in [0, 0.05) is 11.1 Å². The molecule has 0 bridgehead atoms. The number of nitrogens with zero attached hydrogens (tertiary/aromatic N) is 2. The summed E-state index contributed by atoms with van der Waals surface area (Å²) in [7, 11) is 0. The second-order valence-electron chi connectivity index (χ2n) is 12.5. The van der Waals surface area contributed by atoms with Gasteiger partial charge in [-0.25, -0.2) is 9.97 Å². The van der Waals surface area contributed by atoms with Crippen LogP contribution in [0.3, 0.4) is 0 Å². The maximum absolute atomic E-state index is 6.57. The Bertz CT molecular complexity index is 2630. The van der Waals surface area contributed by atoms with Gasteiger partial charge in [0.25, 0.3) is 0 Å². The van der Waals surface area contributed by atoms with Gasteiger partial charge in [-0.15, -0.1) is 0 Å². The first-order chi connectivity index (χ1) is 23.8. The third kappa shape index (κ3) is 3.76. The van der Waals surface area contributed by atoms with Crippen LogP contribution >= 0.6 is 0 Å². The normalized spacial score (nSPS) is 13.2. The van der Waals surface area contributed by atoms with Crippen LogP contribution in [0.4, 0.5) is 0 Å². The highest BCUT2D eigenvalue weighted by atomic mass is 16.3. The minimum absolute atomic E-state index is 0.505. The molecule has 1 aliphatic rings. The van der Waals surface area contributed by atoms with Gasteiger partial charge in [0.2, 0.25) is 0 Å². The maximum Gasteiger partial charge on any atom is 0.180 e. The van der Waals surface area contributed by atoms with Gasteiger partial charge >= 0.3 is 0 Å². The van der Waals surface area contributed by atoms with E-state index in [0.29, 0.717) is 11.4 Å². The third-order valence-corrected chi connectivity index (χ3v) is 9.97. The highest BCUT2D eigenvalue weighted by Crippen LogP contribution is 2.56. The van der Waals surface area contributed by atoms with Crippen LogP contribution in [0.15, 0.2) is 174 Å². The van der Waals surface area contributed by atoms with Crippen LogP contribution in [0, 0.1) is 0 Å². The predicted octanol–water partition coefficient (Wildman–Crippen LogP) is 11.2. The van der Waals surface area contributed by atoms with E-state index >= 15 is 0 Å². The Kier molecular flexibility index (Phi) is 5.79. The van der Waals surface area contributed by atoms with Gasteiger partial charge < -0.3 is 4.42 Å². The zero-order valence-electron chi connectivity index (χ0n) is 26.0. The summed E-state index contributed by atoms with van der Waals surface area (Å²) in [5.74, 6) is 0.668. The van der Waals surface area contributed by atoms with Gasteiger partial charge in [0.15, 0.2) is 11.4 Å². The topological polar surface area (TPSA) is 38.9 Å². The van der Waals surface area contributed by atoms with E-state index in [1.54, 1.807) is 0 Å². The van der Waals surface area contributed by atoms with Crippen molar-refractivity contribution in [3.63, 3.8) is 0 Å². The first-order valence-electron chi connectivity index (χ1n) is 16.3. The smallest absolute Gasteiger partial charge is 0.180 e. The Hall–Kier alpha value is -6.32. The number of hydrogen-bond donors (Lipinski definition) is 0. The predicted molar refractivity (Wildman–Crippen MR) is 195 cm³/mol. The molecule has 7 aromatic carbocycles. The van der Waals surface area contributed by atoms with E-state index in [1.807, 2.05) is 24.3 Å². The Morgan fingerprint density at radius 3 is 1.88 bits per heavy atom. The van der Waals surface area contributed by atoms with Crippen LogP contribution in [0.5, 0.6) is 0 Å². The molecule has 3 heteroatoms. The number of furan rings is 1. The van der Waals surface area contributed by atoms with E-state index in [9.17, 15) is 0 Å². The SMILES string of the molecule is c1ccc(-c2nc(-c3cccc(C4(c5ccccc5)c5ccccc5-c5ccccc54)c3)nc3c2oc2ccc4ccccc4c23)cc1. The Morgan fingerprint density at radius 1 is 0.479 bits per heavy atom. The molecule has 0 aliphatic heterocycles. The Morgan fingerprint density at radius 2 is 1.10 bits per heavy atom. The molecule has 0 atom stereocenters. The summed E-state index contributed by atoms with van der Waals surface area (Å²) in [5.41, 5.74) is 12.1. The Balaban J connectivity index is 1.28. The number of fused-ring (bicyclic) bond motifs is 8. The summed E-state index contributed by atoms with van der Waals surface area (Å²) in [6.45, 7) is 0.